The van der Waals surface area contributed by atoms with E-state index in [4.69, 9.17) is 16.2 Å². The predicted octanol–water partition coefficient (Wildman–Crippen LogP) is -0.550. The van der Waals surface area contributed by atoms with Gasteiger partial charge in [-0.05, 0) is 25.2 Å². The summed E-state index contributed by atoms with van der Waals surface area (Å²) >= 11 is 0. The number of quaternary nitrogens is 1. The Labute approximate surface area is 115 Å². The molecule has 0 unspecified atom stereocenters. The van der Waals surface area contributed by atoms with Crippen LogP contribution >= 0.6 is 0 Å². The third kappa shape index (κ3) is 4.29. The zero-order valence-electron chi connectivity index (χ0n) is 11.7. The average Bonchev–Trinajstić information content (AvgIpc) is 2.39. The third-order valence-corrected chi connectivity index (χ3v) is 3.66. The standard InChI is InChI=1S/C14H24N4O/c1-17-6-8-18(9-7-17)5-2-10-19-14-4-3-12(15)11-13(14)16/h3-4,11H,2,5-10,15-16H2,1H3/p+1. The maximum Gasteiger partial charge on any atom is 0.142 e. The van der Waals surface area contributed by atoms with E-state index in [-0.39, 0.29) is 0 Å². The van der Waals surface area contributed by atoms with E-state index in [1.54, 1.807) is 11.0 Å². The quantitative estimate of drug-likeness (QED) is 0.494. The van der Waals surface area contributed by atoms with E-state index in [2.05, 4.69) is 11.9 Å². The van der Waals surface area contributed by atoms with Crippen molar-refractivity contribution in [3.05, 3.63) is 18.2 Å². The molecule has 5 N–H and O–H groups in total. The summed E-state index contributed by atoms with van der Waals surface area (Å²) in [6, 6.07) is 5.39. The fourth-order valence-corrected chi connectivity index (χ4v) is 2.39. The summed E-state index contributed by atoms with van der Waals surface area (Å²) in [5.41, 5.74) is 12.8. The van der Waals surface area contributed by atoms with E-state index in [9.17, 15) is 0 Å². The Balaban J connectivity index is 1.66. The number of likely N-dealkylation sites (N-methyl/N-ethyl adjacent to an activating group) is 1. The summed E-state index contributed by atoms with van der Waals surface area (Å²) in [7, 11) is 2.18. The first-order valence-electron chi connectivity index (χ1n) is 6.95. The minimum Gasteiger partial charge on any atom is -0.491 e. The minimum atomic E-state index is 0.618. The molecule has 0 bridgehead atoms. The van der Waals surface area contributed by atoms with Crippen LogP contribution in [0, 0.1) is 0 Å². The summed E-state index contributed by atoms with van der Waals surface area (Å²) in [6.07, 6.45) is 1.06. The van der Waals surface area contributed by atoms with Crippen LogP contribution in [-0.4, -0.2) is 51.3 Å². The van der Waals surface area contributed by atoms with Gasteiger partial charge in [0.1, 0.15) is 5.75 Å². The SMILES string of the molecule is CN1CC[NH+](CCCOc2ccc(N)cc2N)CC1. The van der Waals surface area contributed by atoms with Gasteiger partial charge in [0.15, 0.2) is 0 Å². The molecule has 1 aliphatic rings. The molecule has 0 radical (unpaired) electrons. The zero-order chi connectivity index (χ0) is 13.7. The van der Waals surface area contributed by atoms with E-state index in [0.717, 1.165) is 12.2 Å². The Morgan fingerprint density at radius 1 is 1.26 bits per heavy atom. The molecule has 1 heterocycles. The molecule has 5 nitrogen and oxygen atoms in total. The smallest absolute Gasteiger partial charge is 0.142 e. The van der Waals surface area contributed by atoms with E-state index < -0.39 is 0 Å². The van der Waals surface area contributed by atoms with Gasteiger partial charge in [0.25, 0.3) is 0 Å². The molecule has 1 aromatic rings. The number of benzene rings is 1. The largest absolute Gasteiger partial charge is 0.491 e. The maximum atomic E-state index is 5.85. The minimum absolute atomic E-state index is 0.618. The van der Waals surface area contributed by atoms with Crippen LogP contribution in [0.4, 0.5) is 11.4 Å². The molecule has 0 spiro atoms. The normalized spacial score (nSPS) is 17.5. The number of ether oxygens (including phenoxy) is 1. The molecule has 106 valence electrons. The molecular formula is C14H25N4O+. The van der Waals surface area contributed by atoms with Crippen molar-refractivity contribution in [2.45, 2.75) is 6.42 Å². The van der Waals surface area contributed by atoms with Gasteiger partial charge in [-0.2, -0.15) is 0 Å². The van der Waals surface area contributed by atoms with Crippen molar-refractivity contribution < 1.29 is 9.64 Å². The van der Waals surface area contributed by atoms with E-state index in [1.165, 1.54) is 32.7 Å². The van der Waals surface area contributed by atoms with Crippen molar-refractivity contribution in [2.75, 3.05) is 57.8 Å². The van der Waals surface area contributed by atoms with Gasteiger partial charge >= 0.3 is 0 Å². The van der Waals surface area contributed by atoms with Crippen molar-refractivity contribution in [1.82, 2.24) is 4.90 Å². The zero-order valence-corrected chi connectivity index (χ0v) is 11.7. The van der Waals surface area contributed by atoms with Gasteiger partial charge in [-0.1, -0.05) is 0 Å². The lowest BCUT2D eigenvalue weighted by molar-refractivity contribution is -0.904. The maximum absolute atomic E-state index is 5.85. The summed E-state index contributed by atoms with van der Waals surface area (Å²) in [5, 5.41) is 0. The van der Waals surface area contributed by atoms with Crippen LogP contribution in [-0.2, 0) is 0 Å². The molecule has 0 saturated carbocycles. The van der Waals surface area contributed by atoms with E-state index >= 15 is 0 Å². The van der Waals surface area contributed by atoms with Crippen molar-refractivity contribution in [1.29, 1.82) is 0 Å². The van der Waals surface area contributed by atoms with Gasteiger partial charge in [-0.25, -0.2) is 0 Å². The number of nitrogens with one attached hydrogen (secondary N) is 1. The van der Waals surface area contributed by atoms with Gasteiger partial charge in [0.2, 0.25) is 0 Å². The predicted molar refractivity (Wildman–Crippen MR) is 78.4 cm³/mol. The second-order valence-electron chi connectivity index (χ2n) is 5.30. The first-order chi connectivity index (χ1) is 9.15. The van der Waals surface area contributed by atoms with E-state index in [1.807, 2.05) is 12.1 Å². The van der Waals surface area contributed by atoms with Gasteiger partial charge < -0.3 is 21.1 Å². The summed E-state index contributed by atoms with van der Waals surface area (Å²) in [6.45, 7) is 6.75. The third-order valence-electron chi connectivity index (χ3n) is 3.66. The summed E-state index contributed by atoms with van der Waals surface area (Å²) in [5.74, 6) is 0.738. The molecule has 1 aliphatic heterocycles. The monoisotopic (exact) mass is 265 g/mol. The number of rotatable bonds is 5. The molecule has 2 rings (SSSR count). The second kappa shape index (κ2) is 6.63. The van der Waals surface area contributed by atoms with Gasteiger partial charge in [-0.15, -0.1) is 0 Å². The second-order valence-corrected chi connectivity index (χ2v) is 5.30. The fourth-order valence-electron chi connectivity index (χ4n) is 2.39. The lowest BCUT2D eigenvalue weighted by atomic mass is 10.2. The Kier molecular flexibility index (Phi) is 4.87. The van der Waals surface area contributed by atoms with Crippen LogP contribution in [0.1, 0.15) is 6.42 Å². The fraction of sp³-hybridized carbons (Fsp3) is 0.571. The highest BCUT2D eigenvalue weighted by Crippen LogP contribution is 2.23. The topological polar surface area (TPSA) is 69.0 Å². The number of hydrogen-bond acceptors (Lipinski definition) is 4. The Bertz CT molecular complexity index is 402. The van der Waals surface area contributed by atoms with Crippen LogP contribution in [0.2, 0.25) is 0 Å². The van der Waals surface area contributed by atoms with Crippen LogP contribution in [0.5, 0.6) is 5.75 Å². The Morgan fingerprint density at radius 3 is 2.68 bits per heavy atom. The number of piperazine rings is 1. The molecule has 5 heteroatoms. The molecule has 1 aromatic carbocycles. The number of nitrogens with two attached hydrogens (primary N) is 2. The number of hydrogen-bond donors (Lipinski definition) is 3. The Morgan fingerprint density at radius 2 is 2.00 bits per heavy atom. The number of anilines is 2. The van der Waals surface area contributed by atoms with Gasteiger partial charge in [0, 0.05) is 25.2 Å². The van der Waals surface area contributed by atoms with E-state index in [0.29, 0.717) is 18.0 Å². The van der Waals surface area contributed by atoms with Crippen LogP contribution in [0.15, 0.2) is 18.2 Å². The number of nitrogen functional groups attached to an aromatic ring is 2. The van der Waals surface area contributed by atoms with Crippen LogP contribution in [0.3, 0.4) is 0 Å². The Hall–Kier alpha value is -1.46. The van der Waals surface area contributed by atoms with Crippen LogP contribution < -0.4 is 21.1 Å². The highest BCUT2D eigenvalue weighted by Gasteiger charge is 2.16. The molecule has 0 amide bonds. The molecule has 1 fully saturated rings. The lowest BCUT2D eigenvalue weighted by Crippen LogP contribution is -3.14. The average molecular weight is 265 g/mol. The van der Waals surface area contributed by atoms with Gasteiger partial charge in [0.05, 0.1) is 31.9 Å². The molecular weight excluding hydrogens is 240 g/mol. The molecule has 19 heavy (non-hydrogen) atoms. The molecule has 1 saturated heterocycles. The summed E-state index contributed by atoms with van der Waals surface area (Å²) < 4.78 is 5.70. The molecule has 0 aromatic heterocycles. The van der Waals surface area contributed by atoms with Gasteiger partial charge in [-0.3, -0.25) is 4.90 Å². The first kappa shape index (κ1) is 14.0. The highest BCUT2D eigenvalue weighted by atomic mass is 16.5. The molecule has 0 atom stereocenters. The highest BCUT2D eigenvalue weighted by molar-refractivity contribution is 5.60. The molecule has 0 aliphatic carbocycles. The van der Waals surface area contributed by atoms with Crippen molar-refractivity contribution in [2.24, 2.45) is 0 Å². The van der Waals surface area contributed by atoms with Crippen LogP contribution in [0.25, 0.3) is 0 Å². The summed E-state index contributed by atoms with van der Waals surface area (Å²) in [4.78, 5) is 4.06. The van der Waals surface area contributed by atoms with Crippen molar-refractivity contribution >= 4 is 11.4 Å². The number of nitrogens with zero attached hydrogens (tertiary/aromatic N) is 1. The first-order valence-corrected chi connectivity index (χ1v) is 6.95. The van der Waals surface area contributed by atoms with Crippen molar-refractivity contribution in [3.63, 3.8) is 0 Å². The lowest BCUT2D eigenvalue weighted by Gasteiger charge is -2.29. The van der Waals surface area contributed by atoms with Crippen molar-refractivity contribution in [3.8, 4) is 5.75 Å².